The molecule has 1 aliphatic heterocycles. The molecule has 5 nitrogen and oxygen atoms in total. The van der Waals surface area contributed by atoms with Gasteiger partial charge in [0, 0.05) is 25.2 Å². The fraction of sp³-hybridized carbons (Fsp3) is 0.375. The SMILES string of the molecule is Cc1nn(C)c2c1CCN(C(=O)NCc1ccc(Cl)cc1)C2. The molecule has 0 radical (unpaired) electrons. The smallest absolute Gasteiger partial charge is 0.318 e. The van der Waals surface area contributed by atoms with Crippen LogP contribution in [0.1, 0.15) is 22.5 Å². The molecule has 2 aromatic rings. The number of nitrogens with zero attached hydrogens (tertiary/aromatic N) is 3. The van der Waals surface area contributed by atoms with E-state index >= 15 is 0 Å². The summed E-state index contributed by atoms with van der Waals surface area (Å²) < 4.78 is 1.88. The molecule has 0 spiro atoms. The predicted molar refractivity (Wildman–Crippen MR) is 85.7 cm³/mol. The van der Waals surface area contributed by atoms with E-state index in [0.29, 0.717) is 18.1 Å². The first-order chi connectivity index (χ1) is 10.5. The Hall–Kier alpha value is -2.01. The minimum absolute atomic E-state index is 0.0422. The molecule has 1 aliphatic rings. The number of aromatic nitrogens is 2. The molecule has 0 aliphatic carbocycles. The van der Waals surface area contributed by atoms with Crippen molar-refractivity contribution in [2.75, 3.05) is 6.54 Å². The minimum Gasteiger partial charge on any atom is -0.334 e. The molecule has 1 aromatic heterocycles. The molecule has 6 heteroatoms. The summed E-state index contributed by atoms with van der Waals surface area (Å²) in [4.78, 5) is 14.2. The Bertz CT molecular complexity index is 693. The zero-order valence-corrected chi connectivity index (χ0v) is 13.5. The Morgan fingerprint density at radius 3 is 2.82 bits per heavy atom. The van der Waals surface area contributed by atoms with Gasteiger partial charge in [-0.25, -0.2) is 4.79 Å². The number of hydrogen-bond acceptors (Lipinski definition) is 2. The number of urea groups is 1. The van der Waals surface area contributed by atoms with Gasteiger partial charge < -0.3 is 10.2 Å². The Morgan fingerprint density at radius 1 is 1.36 bits per heavy atom. The van der Waals surface area contributed by atoms with Gasteiger partial charge in [0.05, 0.1) is 17.9 Å². The van der Waals surface area contributed by atoms with Crippen LogP contribution in [-0.4, -0.2) is 27.3 Å². The minimum atomic E-state index is -0.0422. The van der Waals surface area contributed by atoms with Crippen LogP contribution in [-0.2, 0) is 26.6 Å². The molecule has 2 heterocycles. The van der Waals surface area contributed by atoms with Crippen molar-refractivity contribution in [2.45, 2.75) is 26.4 Å². The lowest BCUT2D eigenvalue weighted by molar-refractivity contribution is 0.190. The maximum Gasteiger partial charge on any atom is 0.318 e. The average molecular weight is 319 g/mol. The summed E-state index contributed by atoms with van der Waals surface area (Å²) in [5.74, 6) is 0. The van der Waals surface area contributed by atoms with Crippen LogP contribution >= 0.6 is 11.6 Å². The monoisotopic (exact) mass is 318 g/mol. The van der Waals surface area contributed by atoms with Crippen molar-refractivity contribution in [3.63, 3.8) is 0 Å². The fourth-order valence-electron chi connectivity index (χ4n) is 2.84. The molecule has 1 aromatic carbocycles. The van der Waals surface area contributed by atoms with E-state index in [0.717, 1.165) is 29.9 Å². The third-order valence-corrected chi connectivity index (χ3v) is 4.34. The van der Waals surface area contributed by atoms with Gasteiger partial charge in [-0.05, 0) is 36.6 Å². The van der Waals surface area contributed by atoms with Gasteiger partial charge in [0.1, 0.15) is 0 Å². The van der Waals surface area contributed by atoms with E-state index in [1.165, 1.54) is 5.56 Å². The molecule has 0 fully saturated rings. The number of amides is 2. The average Bonchev–Trinajstić information content (AvgIpc) is 2.81. The van der Waals surface area contributed by atoms with Gasteiger partial charge in [0.15, 0.2) is 0 Å². The molecule has 2 amide bonds. The number of carbonyl (C=O) groups excluding carboxylic acids is 1. The molecule has 0 bridgehead atoms. The Balaban J connectivity index is 1.62. The first-order valence-electron chi connectivity index (χ1n) is 7.33. The molecule has 116 valence electrons. The number of halogens is 1. The maximum absolute atomic E-state index is 12.3. The Kier molecular flexibility index (Phi) is 4.07. The van der Waals surface area contributed by atoms with Crippen LogP contribution in [0.15, 0.2) is 24.3 Å². The second kappa shape index (κ2) is 6.01. The lowest BCUT2D eigenvalue weighted by Crippen LogP contribution is -2.42. The summed E-state index contributed by atoms with van der Waals surface area (Å²) >= 11 is 5.86. The highest BCUT2D eigenvalue weighted by Crippen LogP contribution is 2.21. The number of nitrogens with one attached hydrogen (secondary N) is 1. The van der Waals surface area contributed by atoms with E-state index in [-0.39, 0.29) is 6.03 Å². The number of hydrogen-bond donors (Lipinski definition) is 1. The van der Waals surface area contributed by atoms with Crippen molar-refractivity contribution in [1.29, 1.82) is 0 Å². The zero-order valence-electron chi connectivity index (χ0n) is 12.8. The normalized spacial score (nSPS) is 13.9. The zero-order chi connectivity index (χ0) is 15.7. The van der Waals surface area contributed by atoms with Crippen molar-refractivity contribution in [3.05, 3.63) is 51.8 Å². The van der Waals surface area contributed by atoms with Crippen LogP contribution in [0.4, 0.5) is 4.79 Å². The third kappa shape index (κ3) is 2.95. The standard InChI is InChI=1S/C16H19ClN4O/c1-11-14-7-8-21(10-15(14)20(2)19-11)16(22)18-9-12-3-5-13(17)6-4-12/h3-6H,7-10H2,1-2H3,(H,18,22). The van der Waals surface area contributed by atoms with Gasteiger partial charge in [-0.1, -0.05) is 23.7 Å². The van der Waals surface area contributed by atoms with E-state index in [9.17, 15) is 4.79 Å². The van der Waals surface area contributed by atoms with Gasteiger partial charge in [0.2, 0.25) is 0 Å². The van der Waals surface area contributed by atoms with Crippen molar-refractivity contribution in [3.8, 4) is 0 Å². The molecular weight excluding hydrogens is 300 g/mol. The van der Waals surface area contributed by atoms with Crippen LogP contribution in [0.25, 0.3) is 0 Å². The summed E-state index contributed by atoms with van der Waals surface area (Å²) in [7, 11) is 1.93. The summed E-state index contributed by atoms with van der Waals surface area (Å²) in [6, 6.07) is 7.45. The molecule has 1 N–H and O–H groups in total. The molecule has 22 heavy (non-hydrogen) atoms. The fourth-order valence-corrected chi connectivity index (χ4v) is 2.97. The maximum atomic E-state index is 12.3. The summed E-state index contributed by atoms with van der Waals surface area (Å²) in [5.41, 5.74) is 4.51. The van der Waals surface area contributed by atoms with Crippen LogP contribution in [0.2, 0.25) is 5.02 Å². The largest absolute Gasteiger partial charge is 0.334 e. The van der Waals surface area contributed by atoms with Crippen molar-refractivity contribution in [1.82, 2.24) is 20.0 Å². The van der Waals surface area contributed by atoms with Gasteiger partial charge in [-0.3, -0.25) is 4.68 Å². The van der Waals surface area contributed by atoms with Crippen LogP contribution in [0.3, 0.4) is 0 Å². The lowest BCUT2D eigenvalue weighted by atomic mass is 10.1. The molecule has 0 atom stereocenters. The van der Waals surface area contributed by atoms with Crippen molar-refractivity contribution >= 4 is 17.6 Å². The number of carbonyl (C=O) groups is 1. The lowest BCUT2D eigenvalue weighted by Gasteiger charge is -2.27. The predicted octanol–water partition coefficient (Wildman–Crippen LogP) is 2.65. The Morgan fingerprint density at radius 2 is 2.09 bits per heavy atom. The number of fused-ring (bicyclic) bond motifs is 1. The van der Waals surface area contributed by atoms with Gasteiger partial charge in [0.25, 0.3) is 0 Å². The number of rotatable bonds is 2. The van der Waals surface area contributed by atoms with Crippen LogP contribution < -0.4 is 5.32 Å². The molecule has 0 saturated carbocycles. The summed E-state index contributed by atoms with van der Waals surface area (Å²) in [6.45, 7) is 3.87. The van der Waals surface area contributed by atoms with E-state index in [1.807, 2.05) is 47.8 Å². The van der Waals surface area contributed by atoms with Gasteiger partial charge in [-0.15, -0.1) is 0 Å². The second-order valence-electron chi connectivity index (χ2n) is 5.59. The van der Waals surface area contributed by atoms with Crippen molar-refractivity contribution < 1.29 is 4.79 Å². The quantitative estimate of drug-likeness (QED) is 0.925. The first-order valence-corrected chi connectivity index (χ1v) is 7.71. The highest BCUT2D eigenvalue weighted by atomic mass is 35.5. The van der Waals surface area contributed by atoms with Crippen LogP contribution in [0, 0.1) is 6.92 Å². The number of aryl methyl sites for hydroxylation is 2. The van der Waals surface area contributed by atoms with Gasteiger partial charge >= 0.3 is 6.03 Å². The highest BCUT2D eigenvalue weighted by Gasteiger charge is 2.24. The van der Waals surface area contributed by atoms with E-state index in [4.69, 9.17) is 11.6 Å². The van der Waals surface area contributed by atoms with Gasteiger partial charge in [-0.2, -0.15) is 5.10 Å². The first kappa shape index (κ1) is 14.9. The highest BCUT2D eigenvalue weighted by molar-refractivity contribution is 6.30. The van der Waals surface area contributed by atoms with E-state index < -0.39 is 0 Å². The van der Waals surface area contributed by atoms with Crippen molar-refractivity contribution in [2.24, 2.45) is 7.05 Å². The summed E-state index contributed by atoms with van der Waals surface area (Å²) in [6.07, 6.45) is 0.864. The summed E-state index contributed by atoms with van der Waals surface area (Å²) in [5, 5.41) is 8.09. The topological polar surface area (TPSA) is 50.2 Å². The van der Waals surface area contributed by atoms with Crippen LogP contribution in [0.5, 0.6) is 0 Å². The molecular formula is C16H19ClN4O. The molecule has 0 saturated heterocycles. The Labute approximate surface area is 134 Å². The second-order valence-corrected chi connectivity index (χ2v) is 6.03. The third-order valence-electron chi connectivity index (χ3n) is 4.09. The van der Waals surface area contributed by atoms with E-state index in [1.54, 1.807) is 0 Å². The van der Waals surface area contributed by atoms with E-state index in [2.05, 4.69) is 10.4 Å². The molecule has 0 unspecified atom stereocenters. The molecule has 3 rings (SSSR count). The number of benzene rings is 1.